The lowest BCUT2D eigenvalue weighted by Gasteiger charge is -2.43. The van der Waals surface area contributed by atoms with Gasteiger partial charge in [-0.15, -0.1) is 0 Å². The molecule has 5 heteroatoms. The highest BCUT2D eigenvalue weighted by molar-refractivity contribution is 5.70. The van der Waals surface area contributed by atoms with E-state index < -0.39 is 11.0 Å². The molecule has 0 aliphatic carbocycles. The highest BCUT2D eigenvalue weighted by atomic mass is 16.6. The third kappa shape index (κ3) is 3.31. The van der Waals surface area contributed by atoms with E-state index in [0.717, 1.165) is 18.4 Å². The Balaban J connectivity index is 2.26. The van der Waals surface area contributed by atoms with Gasteiger partial charge in [-0.1, -0.05) is 12.7 Å². The summed E-state index contributed by atoms with van der Waals surface area (Å²) in [5.41, 5.74) is -0.372. The third-order valence-corrected chi connectivity index (χ3v) is 4.61. The summed E-state index contributed by atoms with van der Waals surface area (Å²) in [5, 5.41) is 9.81. The van der Waals surface area contributed by atoms with Crippen molar-refractivity contribution in [2.45, 2.75) is 64.1 Å². The van der Waals surface area contributed by atoms with Crippen LogP contribution in [0.25, 0.3) is 0 Å². The van der Waals surface area contributed by atoms with Crippen LogP contribution in [0, 0.1) is 16.7 Å². The number of hydrogen-bond acceptors (Lipinski definition) is 4. The smallest absolute Gasteiger partial charge is 0.410 e. The van der Waals surface area contributed by atoms with Crippen LogP contribution in [0.4, 0.5) is 4.79 Å². The molecule has 2 heterocycles. The minimum atomic E-state index is -0.646. The van der Waals surface area contributed by atoms with E-state index in [2.05, 4.69) is 24.4 Å². The fourth-order valence-electron chi connectivity index (χ4n) is 3.72. The van der Waals surface area contributed by atoms with Gasteiger partial charge in [0.2, 0.25) is 0 Å². The summed E-state index contributed by atoms with van der Waals surface area (Å²) < 4.78 is 5.53. The number of piperidine rings is 1. The summed E-state index contributed by atoms with van der Waals surface area (Å²) in [7, 11) is 0. The Morgan fingerprint density at radius 1 is 1.39 bits per heavy atom. The van der Waals surface area contributed by atoms with Crippen LogP contribution < -0.4 is 0 Å². The molecule has 2 aliphatic heterocycles. The highest BCUT2D eigenvalue weighted by Gasteiger charge is 2.52. The predicted octanol–water partition coefficient (Wildman–Crippen LogP) is 3.83. The largest absolute Gasteiger partial charge is 0.444 e. The van der Waals surface area contributed by atoms with Crippen LogP contribution in [0.1, 0.15) is 46.5 Å². The number of rotatable bonds is 3. The molecule has 2 rings (SSSR count). The Bertz CT molecular complexity index is 566. The molecule has 1 amide bonds. The van der Waals surface area contributed by atoms with Gasteiger partial charge in [0.05, 0.1) is 11.5 Å². The van der Waals surface area contributed by atoms with Crippen molar-refractivity contribution < 1.29 is 9.53 Å². The van der Waals surface area contributed by atoms with E-state index >= 15 is 0 Å². The second kappa shape index (κ2) is 6.19. The molecule has 2 aliphatic rings. The molecule has 124 valence electrons. The number of amides is 1. The minimum Gasteiger partial charge on any atom is -0.444 e. The number of carbonyl (C=O) groups excluding carboxylic acids is 1. The van der Waals surface area contributed by atoms with Crippen LogP contribution in [0.3, 0.4) is 0 Å². The zero-order valence-corrected chi connectivity index (χ0v) is 14.2. The quantitative estimate of drug-likeness (QED) is 0.587. The van der Waals surface area contributed by atoms with E-state index in [1.807, 2.05) is 25.7 Å². The number of ether oxygens (including phenoxy) is 1. The van der Waals surface area contributed by atoms with Gasteiger partial charge in [-0.05, 0) is 58.7 Å². The average Bonchev–Trinajstić information content (AvgIpc) is 2.75. The summed E-state index contributed by atoms with van der Waals surface area (Å²) in [6.07, 6.45) is 6.00. The molecule has 2 fully saturated rings. The maximum absolute atomic E-state index is 12.5. The van der Waals surface area contributed by atoms with Crippen LogP contribution in [0.5, 0.6) is 0 Å². The van der Waals surface area contributed by atoms with Crippen LogP contribution >= 0.6 is 0 Å². The Hall–Kier alpha value is -2.09. The van der Waals surface area contributed by atoms with Gasteiger partial charge in [-0.25, -0.2) is 4.79 Å². The molecule has 2 atom stereocenters. The lowest BCUT2D eigenvalue weighted by atomic mass is 9.71. The van der Waals surface area contributed by atoms with E-state index in [-0.39, 0.29) is 18.2 Å². The summed E-state index contributed by atoms with van der Waals surface area (Å²) >= 11 is 0. The molecule has 2 saturated heterocycles. The number of nitriles is 1. The van der Waals surface area contributed by atoms with Gasteiger partial charge in [0, 0.05) is 18.3 Å². The molecule has 0 aromatic heterocycles. The normalized spacial score (nSPS) is 30.5. The molecule has 0 aromatic rings. The van der Waals surface area contributed by atoms with Crippen molar-refractivity contribution in [3.8, 4) is 6.07 Å². The van der Waals surface area contributed by atoms with Gasteiger partial charge in [0.15, 0.2) is 0 Å². The van der Waals surface area contributed by atoms with Gasteiger partial charge >= 0.3 is 6.09 Å². The van der Waals surface area contributed by atoms with Crippen molar-refractivity contribution in [2.75, 3.05) is 0 Å². The first-order chi connectivity index (χ1) is 10.8. The van der Waals surface area contributed by atoms with Crippen molar-refractivity contribution in [2.24, 2.45) is 10.4 Å². The SMILES string of the molecule is C=CC(=CN=C)C1(C#N)CC2CCC(C1)N2C(=O)OC(C)(C)C. The Morgan fingerprint density at radius 3 is 2.35 bits per heavy atom. The first-order valence-electron chi connectivity index (χ1n) is 7.98. The van der Waals surface area contributed by atoms with Crippen LogP contribution in [-0.2, 0) is 4.74 Å². The average molecular weight is 315 g/mol. The number of fused-ring (bicyclic) bond motifs is 2. The Morgan fingerprint density at radius 2 is 1.96 bits per heavy atom. The lowest BCUT2D eigenvalue weighted by Crippen LogP contribution is -2.51. The van der Waals surface area contributed by atoms with Gasteiger partial charge in [-0.2, -0.15) is 5.26 Å². The number of hydrogen-bond donors (Lipinski definition) is 0. The molecule has 0 N–H and O–H groups in total. The van der Waals surface area contributed by atoms with Crippen LogP contribution in [0.2, 0.25) is 0 Å². The number of nitrogens with zero attached hydrogens (tertiary/aromatic N) is 3. The fraction of sp³-hybridized carbons (Fsp3) is 0.611. The Kier molecular flexibility index (Phi) is 4.65. The fourth-order valence-corrected chi connectivity index (χ4v) is 3.72. The van der Waals surface area contributed by atoms with Crippen LogP contribution in [0.15, 0.2) is 29.4 Å². The third-order valence-electron chi connectivity index (χ3n) is 4.61. The van der Waals surface area contributed by atoms with Crippen molar-refractivity contribution in [1.29, 1.82) is 5.26 Å². The van der Waals surface area contributed by atoms with E-state index in [0.29, 0.717) is 12.8 Å². The molecular weight excluding hydrogens is 290 g/mol. The number of aliphatic imine (C=N–C) groups is 1. The second-order valence-corrected chi connectivity index (χ2v) is 7.35. The van der Waals surface area contributed by atoms with Crippen molar-refractivity contribution in [1.82, 2.24) is 4.90 Å². The summed E-state index contributed by atoms with van der Waals surface area (Å²) in [5.74, 6) is 0. The highest BCUT2D eigenvalue weighted by Crippen LogP contribution is 2.49. The standard InChI is InChI=1S/C18H25N3O2/c1-6-13(11-20-5)18(12-19)9-14-7-8-15(10-18)21(14)16(22)23-17(2,3)4/h6,11,14-15H,1,5,7-10H2,2-4H3. The number of allylic oxidation sites excluding steroid dienone is 2. The van der Waals surface area contributed by atoms with E-state index in [4.69, 9.17) is 4.74 Å². The maximum Gasteiger partial charge on any atom is 0.410 e. The van der Waals surface area contributed by atoms with Crippen molar-refractivity contribution in [3.63, 3.8) is 0 Å². The first-order valence-corrected chi connectivity index (χ1v) is 7.98. The molecule has 2 unspecified atom stereocenters. The molecule has 2 bridgehead atoms. The molecule has 0 saturated carbocycles. The second-order valence-electron chi connectivity index (χ2n) is 7.35. The zero-order valence-electron chi connectivity index (χ0n) is 14.2. The molecule has 0 radical (unpaired) electrons. The molecule has 5 nitrogen and oxygen atoms in total. The van der Waals surface area contributed by atoms with Crippen molar-refractivity contribution in [3.05, 3.63) is 24.4 Å². The molecule has 0 aromatic carbocycles. The van der Waals surface area contributed by atoms with Gasteiger partial charge < -0.3 is 9.64 Å². The molecule has 23 heavy (non-hydrogen) atoms. The van der Waals surface area contributed by atoms with Gasteiger partial charge in [0.25, 0.3) is 0 Å². The Labute approximate surface area is 138 Å². The first kappa shape index (κ1) is 17.3. The monoisotopic (exact) mass is 315 g/mol. The summed E-state index contributed by atoms with van der Waals surface area (Å²) in [6, 6.07) is 2.50. The lowest BCUT2D eigenvalue weighted by molar-refractivity contribution is -0.000511. The van der Waals surface area contributed by atoms with E-state index in [1.54, 1.807) is 12.3 Å². The van der Waals surface area contributed by atoms with Gasteiger partial charge in [-0.3, -0.25) is 4.99 Å². The van der Waals surface area contributed by atoms with Gasteiger partial charge in [0.1, 0.15) is 5.60 Å². The molecular formula is C18H25N3O2. The maximum atomic E-state index is 12.5. The minimum absolute atomic E-state index is 0.0245. The number of carbonyl (C=O) groups is 1. The summed E-state index contributed by atoms with van der Waals surface area (Å²) in [6.45, 7) is 12.9. The zero-order chi connectivity index (χ0) is 17.3. The van der Waals surface area contributed by atoms with E-state index in [1.165, 1.54) is 0 Å². The van der Waals surface area contributed by atoms with E-state index in [9.17, 15) is 10.1 Å². The van der Waals surface area contributed by atoms with Crippen molar-refractivity contribution >= 4 is 12.8 Å². The topological polar surface area (TPSA) is 65.7 Å². The summed E-state index contributed by atoms with van der Waals surface area (Å²) in [4.78, 5) is 18.1. The van der Waals surface area contributed by atoms with Crippen LogP contribution in [-0.4, -0.2) is 35.4 Å². The molecule has 0 spiro atoms. The predicted molar refractivity (Wildman–Crippen MR) is 90.0 cm³/mol.